The summed E-state index contributed by atoms with van der Waals surface area (Å²) >= 11 is 0. The van der Waals surface area contributed by atoms with Crippen molar-refractivity contribution in [3.8, 4) is 0 Å². The zero-order chi connectivity index (χ0) is 18.9. The van der Waals surface area contributed by atoms with Crippen molar-refractivity contribution in [1.29, 1.82) is 0 Å². The molecule has 2 rings (SSSR count). The first-order chi connectivity index (χ1) is 12.4. The molecule has 5 heteroatoms. The minimum Gasteiger partial charge on any atom is -0.457 e. The van der Waals surface area contributed by atoms with E-state index in [1.54, 1.807) is 24.3 Å². The summed E-state index contributed by atoms with van der Waals surface area (Å²) in [6, 6.07) is 6.65. The van der Waals surface area contributed by atoms with Gasteiger partial charge in [0.25, 0.3) is 0 Å². The highest BCUT2D eigenvalue weighted by atomic mass is 16.5. The van der Waals surface area contributed by atoms with E-state index < -0.39 is 0 Å². The zero-order valence-electron chi connectivity index (χ0n) is 15.8. The number of ether oxygens (including phenoxy) is 1. The molecule has 0 heterocycles. The number of ketones is 1. The van der Waals surface area contributed by atoms with Crippen molar-refractivity contribution in [3.63, 3.8) is 0 Å². The summed E-state index contributed by atoms with van der Waals surface area (Å²) in [5.74, 6) is 0.341. The van der Waals surface area contributed by atoms with E-state index in [4.69, 9.17) is 4.74 Å². The zero-order valence-corrected chi connectivity index (χ0v) is 15.8. The largest absolute Gasteiger partial charge is 0.457 e. The molecule has 1 fully saturated rings. The lowest BCUT2D eigenvalue weighted by atomic mass is 10.0. The van der Waals surface area contributed by atoms with E-state index >= 15 is 0 Å². The number of anilines is 1. The fraction of sp³-hybridized carbons (Fsp3) is 0.571. The fourth-order valence-electron chi connectivity index (χ4n) is 3.24. The quantitative estimate of drug-likeness (QED) is 0.525. The van der Waals surface area contributed by atoms with E-state index in [-0.39, 0.29) is 24.3 Å². The number of carbonyl (C=O) groups excluding carboxylic acids is 3. The van der Waals surface area contributed by atoms with Gasteiger partial charge in [0.05, 0.1) is 0 Å². The molecule has 1 aliphatic carbocycles. The summed E-state index contributed by atoms with van der Waals surface area (Å²) in [6.07, 6.45) is 6.62. The van der Waals surface area contributed by atoms with Crippen molar-refractivity contribution < 1.29 is 19.1 Å². The molecule has 26 heavy (non-hydrogen) atoms. The van der Waals surface area contributed by atoms with Gasteiger partial charge in [-0.25, -0.2) is 0 Å². The van der Waals surface area contributed by atoms with Crippen LogP contribution in [-0.2, 0) is 14.3 Å². The van der Waals surface area contributed by atoms with Gasteiger partial charge in [-0.1, -0.05) is 39.5 Å². The lowest BCUT2D eigenvalue weighted by Gasteiger charge is -2.09. The summed E-state index contributed by atoms with van der Waals surface area (Å²) in [7, 11) is 0. The topological polar surface area (TPSA) is 72.5 Å². The summed E-state index contributed by atoms with van der Waals surface area (Å²) in [5.41, 5.74) is 1.12. The smallest absolute Gasteiger partial charge is 0.306 e. The molecule has 1 aliphatic rings. The molecule has 0 aromatic heterocycles. The summed E-state index contributed by atoms with van der Waals surface area (Å²) in [4.78, 5) is 35.6. The average Bonchev–Trinajstić information content (AvgIpc) is 3.11. The highest BCUT2D eigenvalue weighted by Gasteiger charge is 2.17. The molecule has 1 aromatic rings. The number of benzene rings is 1. The number of carbonyl (C=O) groups is 3. The first-order valence-electron chi connectivity index (χ1n) is 9.52. The Bertz CT molecular complexity index is 615. The maximum atomic E-state index is 12.1. The number of Topliss-reactive ketones (excluding diaryl/α,β-unsaturated/α-hetero) is 1. The first kappa shape index (κ1) is 20.1. The van der Waals surface area contributed by atoms with Crippen molar-refractivity contribution in [2.24, 2.45) is 11.8 Å². The molecule has 1 aromatic carbocycles. The Morgan fingerprint density at radius 3 is 2.38 bits per heavy atom. The van der Waals surface area contributed by atoms with Gasteiger partial charge in [-0.2, -0.15) is 0 Å². The Balaban J connectivity index is 1.72. The second kappa shape index (κ2) is 10.1. The molecule has 1 saturated carbocycles. The van der Waals surface area contributed by atoms with Gasteiger partial charge in [0.15, 0.2) is 12.4 Å². The van der Waals surface area contributed by atoms with Gasteiger partial charge in [0.2, 0.25) is 5.91 Å². The van der Waals surface area contributed by atoms with Gasteiger partial charge in [0.1, 0.15) is 0 Å². The molecule has 5 nitrogen and oxygen atoms in total. The van der Waals surface area contributed by atoms with Gasteiger partial charge in [-0.15, -0.1) is 0 Å². The van der Waals surface area contributed by atoms with E-state index in [1.807, 2.05) is 13.8 Å². The predicted octanol–water partition coefficient (Wildman–Crippen LogP) is 4.37. The number of rotatable bonds is 9. The summed E-state index contributed by atoms with van der Waals surface area (Å²) < 4.78 is 5.10. The molecule has 0 bridgehead atoms. The monoisotopic (exact) mass is 359 g/mol. The molecule has 1 N–H and O–H groups in total. The van der Waals surface area contributed by atoms with Crippen molar-refractivity contribution in [1.82, 2.24) is 0 Å². The van der Waals surface area contributed by atoms with Gasteiger partial charge in [0, 0.05) is 24.1 Å². The molecule has 0 unspecified atom stereocenters. The van der Waals surface area contributed by atoms with Crippen LogP contribution >= 0.6 is 0 Å². The van der Waals surface area contributed by atoms with E-state index in [0.29, 0.717) is 35.9 Å². The Morgan fingerprint density at radius 2 is 1.77 bits per heavy atom. The molecular weight excluding hydrogens is 330 g/mol. The van der Waals surface area contributed by atoms with E-state index in [9.17, 15) is 14.4 Å². The first-order valence-corrected chi connectivity index (χ1v) is 9.52. The Morgan fingerprint density at radius 1 is 1.12 bits per heavy atom. The second-order valence-corrected chi connectivity index (χ2v) is 7.50. The molecule has 0 radical (unpaired) electrons. The van der Waals surface area contributed by atoms with E-state index in [1.165, 1.54) is 25.7 Å². The van der Waals surface area contributed by atoms with Crippen LogP contribution in [-0.4, -0.2) is 24.3 Å². The third-order valence-corrected chi connectivity index (χ3v) is 4.68. The van der Waals surface area contributed by atoms with Crippen LogP contribution in [0.5, 0.6) is 0 Å². The third kappa shape index (κ3) is 6.98. The number of amides is 1. The highest BCUT2D eigenvalue weighted by molar-refractivity contribution is 5.98. The van der Waals surface area contributed by atoms with Crippen LogP contribution in [0.3, 0.4) is 0 Å². The van der Waals surface area contributed by atoms with Crippen LogP contribution in [0.4, 0.5) is 5.69 Å². The van der Waals surface area contributed by atoms with Crippen LogP contribution in [0.2, 0.25) is 0 Å². The predicted molar refractivity (Wildman–Crippen MR) is 101 cm³/mol. The number of nitrogens with one attached hydrogen (secondary N) is 1. The standard InChI is InChI=1S/C21H29NO4/c1-15(2)13-20(24)22-18-10-8-17(9-11-18)19(23)14-26-21(25)12-7-16-5-3-4-6-16/h8-11,15-16H,3-7,12-14H2,1-2H3,(H,22,24). The third-order valence-electron chi connectivity index (χ3n) is 4.68. The normalized spacial score (nSPS) is 14.4. The van der Waals surface area contributed by atoms with Crippen molar-refractivity contribution in [2.45, 2.75) is 58.8 Å². The van der Waals surface area contributed by atoms with E-state index in [2.05, 4.69) is 5.32 Å². The minimum absolute atomic E-state index is 0.0460. The molecular formula is C21H29NO4. The van der Waals surface area contributed by atoms with Crippen LogP contribution in [0.1, 0.15) is 69.2 Å². The molecule has 0 atom stereocenters. The molecule has 0 saturated heterocycles. The van der Waals surface area contributed by atoms with Gasteiger partial charge >= 0.3 is 5.97 Å². The van der Waals surface area contributed by atoms with Gasteiger partial charge in [-0.3, -0.25) is 14.4 Å². The number of hydrogen-bond acceptors (Lipinski definition) is 4. The van der Waals surface area contributed by atoms with Crippen LogP contribution in [0, 0.1) is 11.8 Å². The average molecular weight is 359 g/mol. The van der Waals surface area contributed by atoms with Crippen LogP contribution in [0.15, 0.2) is 24.3 Å². The SMILES string of the molecule is CC(C)CC(=O)Nc1ccc(C(=O)COC(=O)CCC2CCCC2)cc1. The fourth-order valence-corrected chi connectivity index (χ4v) is 3.24. The van der Waals surface area contributed by atoms with Crippen molar-refractivity contribution >= 4 is 23.3 Å². The van der Waals surface area contributed by atoms with E-state index in [0.717, 1.165) is 6.42 Å². The number of esters is 1. The highest BCUT2D eigenvalue weighted by Crippen LogP contribution is 2.28. The molecule has 0 aliphatic heterocycles. The molecule has 0 spiro atoms. The van der Waals surface area contributed by atoms with Gasteiger partial charge < -0.3 is 10.1 Å². The molecule has 142 valence electrons. The lowest BCUT2D eigenvalue weighted by Crippen LogP contribution is -2.15. The van der Waals surface area contributed by atoms with Crippen molar-refractivity contribution in [2.75, 3.05) is 11.9 Å². The maximum absolute atomic E-state index is 12.1. The molecule has 1 amide bonds. The lowest BCUT2D eigenvalue weighted by molar-refractivity contribution is -0.142. The Hall–Kier alpha value is -2.17. The van der Waals surface area contributed by atoms with Crippen LogP contribution in [0.25, 0.3) is 0 Å². The summed E-state index contributed by atoms with van der Waals surface area (Å²) in [5, 5.41) is 2.80. The summed E-state index contributed by atoms with van der Waals surface area (Å²) in [6.45, 7) is 3.73. The maximum Gasteiger partial charge on any atom is 0.306 e. The second-order valence-electron chi connectivity index (χ2n) is 7.50. The van der Waals surface area contributed by atoms with Crippen molar-refractivity contribution in [3.05, 3.63) is 29.8 Å². The Labute approximate surface area is 155 Å². The van der Waals surface area contributed by atoms with Gasteiger partial charge in [-0.05, 0) is 42.5 Å². The van der Waals surface area contributed by atoms with Crippen LogP contribution < -0.4 is 5.32 Å². The Kier molecular flexibility index (Phi) is 7.82. The minimum atomic E-state index is -0.303. The number of hydrogen-bond donors (Lipinski definition) is 1.